The Bertz CT molecular complexity index is 1010. The van der Waals surface area contributed by atoms with Gasteiger partial charge in [0.2, 0.25) is 0 Å². The number of thioether (sulfide) groups is 1. The molecule has 28 heavy (non-hydrogen) atoms. The number of carbonyl (C=O) groups excluding carboxylic acids is 1. The molecular weight excluding hydrogens is 417 g/mol. The maximum absolute atomic E-state index is 13.2. The fraction of sp³-hybridized carbons (Fsp3) is 0.111. The molecule has 0 spiro atoms. The van der Waals surface area contributed by atoms with E-state index in [-0.39, 0.29) is 32.3 Å². The van der Waals surface area contributed by atoms with Crippen molar-refractivity contribution in [1.29, 1.82) is 0 Å². The van der Waals surface area contributed by atoms with Crippen LogP contribution in [0, 0.1) is 0 Å². The van der Waals surface area contributed by atoms with Crippen molar-refractivity contribution in [2.45, 2.75) is 6.18 Å². The number of aliphatic imine (C=N–C) groups is 1. The zero-order chi connectivity index (χ0) is 20.5. The molecular formula is C18H12ClF3N2O3S. The Morgan fingerprint density at radius 3 is 2.68 bits per heavy atom. The highest BCUT2D eigenvalue weighted by molar-refractivity contribution is 8.18. The van der Waals surface area contributed by atoms with Gasteiger partial charge in [0.1, 0.15) is 0 Å². The quantitative estimate of drug-likeness (QED) is 0.677. The van der Waals surface area contributed by atoms with Crippen molar-refractivity contribution in [1.82, 2.24) is 5.32 Å². The highest BCUT2D eigenvalue weighted by atomic mass is 35.5. The van der Waals surface area contributed by atoms with Crippen LogP contribution in [0.2, 0.25) is 5.02 Å². The van der Waals surface area contributed by atoms with E-state index >= 15 is 0 Å². The average molecular weight is 429 g/mol. The standard InChI is InChI=1S/C18H12ClF3N2O3S/c1-27-14-6-9(2-5-13(14)25)7-15-16(26)24-17(28-15)23-12-4-3-10(19)8-11(12)18(20,21)22/h2-8,25H,1H3,(H,23,24,26). The topological polar surface area (TPSA) is 70.9 Å². The Hall–Kier alpha value is -2.65. The number of phenolic OH excluding ortho intramolecular Hbond substituents is 1. The smallest absolute Gasteiger partial charge is 0.418 e. The largest absolute Gasteiger partial charge is 0.504 e. The van der Waals surface area contributed by atoms with Crippen LogP contribution < -0.4 is 10.1 Å². The fourth-order valence-electron chi connectivity index (χ4n) is 2.36. The second kappa shape index (κ2) is 7.76. The minimum Gasteiger partial charge on any atom is -0.504 e. The lowest BCUT2D eigenvalue weighted by atomic mass is 10.2. The third kappa shape index (κ3) is 4.42. The number of aromatic hydroxyl groups is 1. The van der Waals surface area contributed by atoms with E-state index in [1.807, 2.05) is 0 Å². The number of nitrogens with one attached hydrogen (secondary N) is 1. The van der Waals surface area contributed by atoms with Crippen LogP contribution in [0.4, 0.5) is 18.9 Å². The van der Waals surface area contributed by atoms with Crippen molar-refractivity contribution < 1.29 is 27.8 Å². The maximum Gasteiger partial charge on any atom is 0.418 e. The third-order valence-electron chi connectivity index (χ3n) is 3.64. The van der Waals surface area contributed by atoms with Gasteiger partial charge in [-0.3, -0.25) is 4.79 Å². The summed E-state index contributed by atoms with van der Waals surface area (Å²) in [5.41, 5.74) is -0.786. The summed E-state index contributed by atoms with van der Waals surface area (Å²) in [6.45, 7) is 0. The van der Waals surface area contributed by atoms with Crippen molar-refractivity contribution in [2.24, 2.45) is 4.99 Å². The number of methoxy groups -OCH3 is 1. The molecule has 0 saturated carbocycles. The first-order chi connectivity index (χ1) is 13.2. The lowest BCUT2D eigenvalue weighted by molar-refractivity contribution is -0.137. The van der Waals surface area contributed by atoms with Crippen molar-refractivity contribution in [3.05, 3.63) is 57.5 Å². The van der Waals surface area contributed by atoms with E-state index in [2.05, 4.69) is 10.3 Å². The third-order valence-corrected chi connectivity index (χ3v) is 4.78. The zero-order valence-electron chi connectivity index (χ0n) is 14.2. The molecule has 0 aromatic heterocycles. The van der Waals surface area contributed by atoms with Crippen molar-refractivity contribution >= 4 is 46.2 Å². The van der Waals surface area contributed by atoms with Crippen LogP contribution in [0.3, 0.4) is 0 Å². The minimum absolute atomic E-state index is 0.00909. The molecule has 0 atom stereocenters. The molecule has 2 N–H and O–H groups in total. The molecule has 1 aliphatic rings. The number of hydrogen-bond acceptors (Lipinski definition) is 5. The molecule has 0 radical (unpaired) electrons. The summed E-state index contributed by atoms with van der Waals surface area (Å²) in [6.07, 6.45) is -3.13. The van der Waals surface area contributed by atoms with Crippen molar-refractivity contribution in [2.75, 3.05) is 7.11 Å². The van der Waals surface area contributed by atoms with E-state index in [0.717, 1.165) is 23.9 Å². The van der Waals surface area contributed by atoms with Gasteiger partial charge in [-0.1, -0.05) is 17.7 Å². The molecule has 3 rings (SSSR count). The van der Waals surface area contributed by atoms with Crippen LogP contribution in [0.25, 0.3) is 6.08 Å². The number of halogens is 4. The van der Waals surface area contributed by atoms with Gasteiger partial charge in [0.05, 0.1) is 23.3 Å². The van der Waals surface area contributed by atoms with Crippen LogP contribution >= 0.6 is 23.4 Å². The molecule has 0 aliphatic carbocycles. The van der Waals surface area contributed by atoms with Crippen molar-refractivity contribution in [3.8, 4) is 11.5 Å². The van der Waals surface area contributed by atoms with E-state index in [0.29, 0.717) is 5.56 Å². The Kier molecular flexibility index (Phi) is 5.57. The summed E-state index contributed by atoms with van der Waals surface area (Å²) < 4.78 is 44.5. The second-order valence-corrected chi connectivity index (χ2v) is 7.04. The van der Waals surface area contributed by atoms with Crippen LogP contribution in [0.1, 0.15) is 11.1 Å². The van der Waals surface area contributed by atoms with Gasteiger partial charge in [0.25, 0.3) is 5.91 Å². The molecule has 0 bridgehead atoms. The summed E-state index contributed by atoms with van der Waals surface area (Å²) in [5.74, 6) is -0.334. The molecule has 2 aromatic carbocycles. The molecule has 1 heterocycles. The van der Waals surface area contributed by atoms with Crippen LogP contribution in [0.5, 0.6) is 11.5 Å². The van der Waals surface area contributed by atoms with Gasteiger partial charge in [-0.15, -0.1) is 0 Å². The normalized spacial score (nSPS) is 17.2. The Morgan fingerprint density at radius 1 is 1.25 bits per heavy atom. The maximum atomic E-state index is 13.2. The Morgan fingerprint density at radius 2 is 2.00 bits per heavy atom. The summed E-state index contributed by atoms with van der Waals surface area (Å²) in [6, 6.07) is 7.69. The van der Waals surface area contributed by atoms with Gasteiger partial charge >= 0.3 is 6.18 Å². The van der Waals surface area contributed by atoms with Crippen molar-refractivity contribution in [3.63, 3.8) is 0 Å². The molecule has 10 heteroatoms. The fourth-order valence-corrected chi connectivity index (χ4v) is 3.36. The van der Waals surface area contributed by atoms with Gasteiger partial charge in [-0.2, -0.15) is 13.2 Å². The van der Waals surface area contributed by atoms with Gasteiger partial charge < -0.3 is 15.2 Å². The number of phenols is 1. The summed E-state index contributed by atoms with van der Waals surface area (Å²) in [7, 11) is 1.39. The predicted molar refractivity (Wildman–Crippen MR) is 102 cm³/mol. The second-order valence-electron chi connectivity index (χ2n) is 5.57. The number of hydrogen-bond donors (Lipinski definition) is 2. The van der Waals surface area contributed by atoms with Gasteiger partial charge in [0, 0.05) is 5.02 Å². The number of nitrogens with zero attached hydrogens (tertiary/aromatic N) is 1. The summed E-state index contributed by atoms with van der Waals surface area (Å²) in [5, 5.41) is 12.0. The number of amides is 1. The van der Waals surface area contributed by atoms with Gasteiger partial charge in [-0.25, -0.2) is 4.99 Å². The van der Waals surface area contributed by atoms with E-state index in [1.54, 1.807) is 6.07 Å². The first-order valence-corrected chi connectivity index (χ1v) is 8.90. The van der Waals surface area contributed by atoms with Crippen LogP contribution in [0.15, 0.2) is 46.3 Å². The molecule has 1 amide bonds. The first-order valence-electron chi connectivity index (χ1n) is 7.70. The molecule has 5 nitrogen and oxygen atoms in total. The number of ether oxygens (including phenoxy) is 1. The molecule has 1 saturated heterocycles. The number of carbonyl (C=O) groups is 1. The van der Waals surface area contributed by atoms with Crippen LogP contribution in [-0.2, 0) is 11.0 Å². The minimum atomic E-state index is -4.64. The first kappa shape index (κ1) is 20.1. The molecule has 146 valence electrons. The zero-order valence-corrected chi connectivity index (χ0v) is 15.7. The van der Waals surface area contributed by atoms with Gasteiger partial charge in [0.15, 0.2) is 16.7 Å². The number of benzene rings is 2. The summed E-state index contributed by atoms with van der Waals surface area (Å²) in [4.78, 5) is 16.3. The predicted octanol–water partition coefficient (Wildman–Crippen LogP) is 4.96. The van der Waals surface area contributed by atoms with Crippen LogP contribution in [-0.4, -0.2) is 23.3 Å². The Labute approximate surface area is 166 Å². The highest BCUT2D eigenvalue weighted by Gasteiger charge is 2.34. The number of rotatable bonds is 3. The van der Waals surface area contributed by atoms with E-state index < -0.39 is 17.6 Å². The highest BCUT2D eigenvalue weighted by Crippen LogP contribution is 2.39. The number of amidine groups is 1. The lowest BCUT2D eigenvalue weighted by Gasteiger charge is -2.10. The summed E-state index contributed by atoms with van der Waals surface area (Å²) >= 11 is 6.55. The molecule has 1 fully saturated rings. The van der Waals surface area contributed by atoms with E-state index in [9.17, 15) is 23.1 Å². The lowest BCUT2D eigenvalue weighted by Crippen LogP contribution is -2.19. The molecule has 2 aromatic rings. The number of alkyl halides is 3. The average Bonchev–Trinajstić information content (AvgIpc) is 2.96. The van der Waals surface area contributed by atoms with E-state index in [4.69, 9.17) is 16.3 Å². The molecule has 1 aliphatic heterocycles. The van der Waals surface area contributed by atoms with Gasteiger partial charge in [-0.05, 0) is 53.7 Å². The Balaban J connectivity index is 1.91. The SMILES string of the molecule is COc1cc(C=C2SC(=Nc3ccc(Cl)cc3C(F)(F)F)NC2=O)ccc1O. The molecule has 0 unspecified atom stereocenters. The van der Waals surface area contributed by atoms with E-state index in [1.165, 1.54) is 31.4 Å². The monoisotopic (exact) mass is 428 g/mol.